The summed E-state index contributed by atoms with van der Waals surface area (Å²) in [4.78, 5) is 11.8. The van der Waals surface area contributed by atoms with Gasteiger partial charge in [0.2, 0.25) is 0 Å². The van der Waals surface area contributed by atoms with Crippen LogP contribution in [0.25, 0.3) is 0 Å². The zero-order valence-corrected chi connectivity index (χ0v) is 19.0. The molecule has 168 valence electrons. The van der Waals surface area contributed by atoms with Crippen LogP contribution in [0.4, 0.5) is 0 Å². The summed E-state index contributed by atoms with van der Waals surface area (Å²) in [5, 5.41) is 18.7. The van der Waals surface area contributed by atoms with E-state index < -0.39 is 5.41 Å². The van der Waals surface area contributed by atoms with Gasteiger partial charge in [-0.1, -0.05) is 97.8 Å². The van der Waals surface area contributed by atoms with E-state index in [4.69, 9.17) is 4.74 Å². The molecule has 0 aromatic heterocycles. The zero-order chi connectivity index (χ0) is 21.1. The molecule has 0 saturated heterocycles. The first-order valence-corrected chi connectivity index (χ1v) is 11.9. The highest BCUT2D eigenvalue weighted by molar-refractivity contribution is 5.69. The van der Waals surface area contributed by atoms with Crippen LogP contribution in [0.3, 0.4) is 0 Å². The van der Waals surface area contributed by atoms with Crippen LogP contribution < -0.4 is 0 Å². The molecule has 0 aliphatic rings. The van der Waals surface area contributed by atoms with E-state index in [1.165, 1.54) is 70.6 Å². The standard InChI is InChI=1S/C24H48O4/c1-4-6-7-8-10-13-16-22(3)17-14-11-9-12-15-18-23(27)28-21-24(5-2,19-25)20-26/h22,25-26H,4-21H2,1-3H3. The zero-order valence-electron chi connectivity index (χ0n) is 19.0. The number of aliphatic hydroxyl groups is 2. The largest absolute Gasteiger partial charge is 0.465 e. The molecule has 0 rings (SSSR count). The van der Waals surface area contributed by atoms with Gasteiger partial charge in [0.1, 0.15) is 6.61 Å². The first-order valence-electron chi connectivity index (χ1n) is 11.9. The normalized spacial score (nSPS) is 12.9. The lowest BCUT2D eigenvalue weighted by atomic mass is 9.88. The molecule has 0 amide bonds. The SMILES string of the molecule is CCCCCCCCC(C)CCCCCCCC(=O)OCC(CC)(CO)CO. The number of ether oxygens (including phenoxy) is 1. The van der Waals surface area contributed by atoms with Crippen molar-refractivity contribution in [1.82, 2.24) is 0 Å². The lowest BCUT2D eigenvalue weighted by Gasteiger charge is -2.27. The van der Waals surface area contributed by atoms with Crippen LogP contribution in [0.2, 0.25) is 0 Å². The molecule has 0 heterocycles. The summed E-state index contributed by atoms with van der Waals surface area (Å²) < 4.78 is 5.25. The van der Waals surface area contributed by atoms with E-state index in [-0.39, 0.29) is 25.8 Å². The second kappa shape index (κ2) is 18.4. The van der Waals surface area contributed by atoms with Crippen molar-refractivity contribution in [3.05, 3.63) is 0 Å². The van der Waals surface area contributed by atoms with Crippen molar-refractivity contribution in [2.24, 2.45) is 11.3 Å². The number of aliphatic hydroxyl groups excluding tert-OH is 2. The second-order valence-corrected chi connectivity index (χ2v) is 8.80. The highest BCUT2D eigenvalue weighted by Crippen LogP contribution is 2.21. The molecule has 2 N–H and O–H groups in total. The van der Waals surface area contributed by atoms with Gasteiger partial charge < -0.3 is 14.9 Å². The molecule has 0 radical (unpaired) electrons. The van der Waals surface area contributed by atoms with Gasteiger partial charge in [-0.2, -0.15) is 0 Å². The molecule has 0 aliphatic carbocycles. The van der Waals surface area contributed by atoms with Gasteiger partial charge in [0.25, 0.3) is 0 Å². The number of unbranched alkanes of at least 4 members (excludes halogenated alkanes) is 9. The summed E-state index contributed by atoms with van der Waals surface area (Å²) >= 11 is 0. The smallest absolute Gasteiger partial charge is 0.305 e. The van der Waals surface area contributed by atoms with E-state index >= 15 is 0 Å². The Morgan fingerprint density at radius 2 is 1.32 bits per heavy atom. The summed E-state index contributed by atoms with van der Waals surface area (Å²) in [6, 6.07) is 0. The minimum Gasteiger partial charge on any atom is -0.465 e. The number of hydrogen-bond acceptors (Lipinski definition) is 4. The molecule has 0 aromatic rings. The molecular formula is C24H48O4. The Kier molecular flexibility index (Phi) is 18.0. The van der Waals surface area contributed by atoms with Gasteiger partial charge in [-0.25, -0.2) is 0 Å². The van der Waals surface area contributed by atoms with Crippen LogP contribution in [0.5, 0.6) is 0 Å². The first kappa shape index (κ1) is 27.4. The fourth-order valence-electron chi connectivity index (χ4n) is 3.48. The predicted octanol–water partition coefficient (Wildman–Crippen LogP) is 6.03. The van der Waals surface area contributed by atoms with E-state index in [0.717, 1.165) is 18.8 Å². The van der Waals surface area contributed by atoms with E-state index in [2.05, 4.69) is 13.8 Å². The van der Waals surface area contributed by atoms with Crippen molar-refractivity contribution in [3.63, 3.8) is 0 Å². The maximum atomic E-state index is 11.8. The van der Waals surface area contributed by atoms with Gasteiger partial charge in [-0.05, 0) is 18.8 Å². The van der Waals surface area contributed by atoms with E-state index in [0.29, 0.717) is 12.8 Å². The molecule has 4 heteroatoms. The lowest BCUT2D eigenvalue weighted by molar-refractivity contribution is -0.149. The Labute approximate surface area is 174 Å². The number of carbonyl (C=O) groups excluding carboxylic acids is 1. The molecule has 1 atom stereocenters. The van der Waals surface area contributed by atoms with Gasteiger partial charge >= 0.3 is 5.97 Å². The molecule has 0 aromatic carbocycles. The Morgan fingerprint density at radius 3 is 1.82 bits per heavy atom. The maximum Gasteiger partial charge on any atom is 0.305 e. The number of hydrogen-bond donors (Lipinski definition) is 2. The van der Waals surface area contributed by atoms with Gasteiger partial charge in [0.05, 0.1) is 18.6 Å². The van der Waals surface area contributed by atoms with Gasteiger partial charge in [0.15, 0.2) is 0 Å². The summed E-state index contributed by atoms with van der Waals surface area (Å²) in [7, 11) is 0. The number of rotatable bonds is 20. The van der Waals surface area contributed by atoms with Crippen LogP contribution in [0.1, 0.15) is 117 Å². The Morgan fingerprint density at radius 1 is 0.821 bits per heavy atom. The van der Waals surface area contributed by atoms with Crippen molar-refractivity contribution < 1.29 is 19.7 Å². The summed E-state index contributed by atoms with van der Waals surface area (Å²) in [6.07, 6.45) is 17.7. The van der Waals surface area contributed by atoms with Crippen molar-refractivity contribution >= 4 is 5.97 Å². The molecule has 0 bridgehead atoms. The van der Waals surface area contributed by atoms with Crippen LogP contribution in [-0.4, -0.2) is 36.0 Å². The van der Waals surface area contributed by atoms with Crippen LogP contribution >= 0.6 is 0 Å². The molecule has 0 spiro atoms. The average molecular weight is 401 g/mol. The average Bonchev–Trinajstić information content (AvgIpc) is 2.71. The van der Waals surface area contributed by atoms with Gasteiger partial charge in [0, 0.05) is 6.42 Å². The molecular weight excluding hydrogens is 352 g/mol. The third-order valence-corrected chi connectivity index (χ3v) is 6.09. The van der Waals surface area contributed by atoms with Crippen LogP contribution in [-0.2, 0) is 9.53 Å². The Balaban J connectivity index is 3.52. The molecule has 4 nitrogen and oxygen atoms in total. The van der Waals surface area contributed by atoms with E-state index in [9.17, 15) is 15.0 Å². The fraction of sp³-hybridized carbons (Fsp3) is 0.958. The monoisotopic (exact) mass is 400 g/mol. The summed E-state index contributed by atoms with van der Waals surface area (Å²) in [6.45, 7) is 6.31. The van der Waals surface area contributed by atoms with Crippen LogP contribution in [0.15, 0.2) is 0 Å². The first-order chi connectivity index (χ1) is 13.5. The third-order valence-electron chi connectivity index (χ3n) is 6.09. The van der Waals surface area contributed by atoms with E-state index in [1.54, 1.807) is 0 Å². The second-order valence-electron chi connectivity index (χ2n) is 8.80. The van der Waals surface area contributed by atoms with Crippen molar-refractivity contribution in [2.45, 2.75) is 117 Å². The number of esters is 1. The Hall–Kier alpha value is -0.610. The molecule has 0 aliphatic heterocycles. The molecule has 0 saturated carbocycles. The minimum atomic E-state index is -0.693. The van der Waals surface area contributed by atoms with Gasteiger partial charge in [-0.3, -0.25) is 4.79 Å². The molecule has 0 fully saturated rings. The summed E-state index contributed by atoms with van der Waals surface area (Å²) in [5.41, 5.74) is -0.693. The predicted molar refractivity (Wildman–Crippen MR) is 117 cm³/mol. The highest BCUT2D eigenvalue weighted by Gasteiger charge is 2.28. The summed E-state index contributed by atoms with van der Waals surface area (Å²) in [5.74, 6) is 0.630. The highest BCUT2D eigenvalue weighted by atomic mass is 16.5. The van der Waals surface area contributed by atoms with Crippen LogP contribution in [0, 0.1) is 11.3 Å². The third kappa shape index (κ3) is 14.4. The van der Waals surface area contributed by atoms with Gasteiger partial charge in [-0.15, -0.1) is 0 Å². The topological polar surface area (TPSA) is 66.8 Å². The van der Waals surface area contributed by atoms with Crippen molar-refractivity contribution in [3.8, 4) is 0 Å². The van der Waals surface area contributed by atoms with Crippen molar-refractivity contribution in [1.29, 1.82) is 0 Å². The molecule has 28 heavy (non-hydrogen) atoms. The lowest BCUT2D eigenvalue weighted by Crippen LogP contribution is -2.35. The van der Waals surface area contributed by atoms with E-state index in [1.807, 2.05) is 6.92 Å². The molecule has 1 unspecified atom stereocenters. The van der Waals surface area contributed by atoms with Crippen molar-refractivity contribution in [2.75, 3.05) is 19.8 Å². The quantitative estimate of drug-likeness (QED) is 0.193. The fourth-order valence-corrected chi connectivity index (χ4v) is 3.48. The minimum absolute atomic E-state index is 0.103. The maximum absolute atomic E-state index is 11.8. The Bertz CT molecular complexity index is 344. The number of carbonyl (C=O) groups is 1.